The van der Waals surface area contributed by atoms with E-state index in [1.165, 1.54) is 4.57 Å². The minimum absolute atomic E-state index is 0.286. The Bertz CT molecular complexity index is 1190. The van der Waals surface area contributed by atoms with Crippen molar-refractivity contribution in [3.05, 3.63) is 52.7 Å². The molecule has 0 spiro atoms. The summed E-state index contributed by atoms with van der Waals surface area (Å²) in [6.45, 7) is 6.77. The maximum Gasteiger partial charge on any atom is 0.333 e. The zero-order valence-electron chi connectivity index (χ0n) is 16.3. The van der Waals surface area contributed by atoms with Crippen molar-refractivity contribution in [3.63, 3.8) is 0 Å². The van der Waals surface area contributed by atoms with E-state index < -0.39 is 0 Å². The van der Waals surface area contributed by atoms with Crippen molar-refractivity contribution in [2.24, 2.45) is 0 Å². The van der Waals surface area contributed by atoms with Crippen LogP contribution >= 0.6 is 0 Å². The molecule has 4 aromatic rings. The van der Waals surface area contributed by atoms with Crippen LogP contribution in [0.5, 0.6) is 5.75 Å². The molecular weight excluding hydrogens is 354 g/mol. The quantitative estimate of drug-likeness (QED) is 0.501. The molecule has 0 saturated heterocycles. The highest BCUT2D eigenvalue weighted by Gasteiger charge is 2.19. The molecule has 1 N–H and O–H groups in total. The lowest BCUT2D eigenvalue weighted by molar-refractivity contribution is 0.305. The molecular formula is C21H23N5O2. The molecule has 0 fully saturated rings. The summed E-state index contributed by atoms with van der Waals surface area (Å²) in [5, 5.41) is 0. The summed E-state index contributed by atoms with van der Waals surface area (Å²) in [5.74, 6) is 1.50. The average Bonchev–Trinajstić information content (AvgIpc) is 3.07. The van der Waals surface area contributed by atoms with Crippen molar-refractivity contribution in [2.75, 3.05) is 6.61 Å². The highest BCUT2D eigenvalue weighted by atomic mass is 16.5. The van der Waals surface area contributed by atoms with Gasteiger partial charge in [-0.15, -0.1) is 0 Å². The van der Waals surface area contributed by atoms with Crippen LogP contribution in [0.1, 0.15) is 45.1 Å². The molecule has 4 aromatic heterocycles. The van der Waals surface area contributed by atoms with E-state index in [1.54, 1.807) is 18.3 Å². The van der Waals surface area contributed by atoms with Gasteiger partial charge in [-0.05, 0) is 42.5 Å². The third-order valence-electron chi connectivity index (χ3n) is 4.94. The lowest BCUT2D eigenvalue weighted by atomic mass is 9.95. The number of rotatable bonds is 0. The van der Waals surface area contributed by atoms with Gasteiger partial charge in [0.25, 0.3) is 0 Å². The topological polar surface area (TPSA) is 85.7 Å². The number of fused-ring (bicyclic) bond motifs is 2. The van der Waals surface area contributed by atoms with Crippen LogP contribution in [0.15, 0.2) is 41.5 Å². The Morgan fingerprint density at radius 2 is 1.96 bits per heavy atom. The van der Waals surface area contributed by atoms with Gasteiger partial charge in [-0.25, -0.2) is 19.3 Å². The van der Waals surface area contributed by atoms with Gasteiger partial charge in [0.2, 0.25) is 0 Å². The number of ether oxygens (including phenoxy) is 1. The molecule has 7 heteroatoms. The van der Waals surface area contributed by atoms with Crippen LogP contribution < -0.4 is 10.4 Å². The zero-order valence-corrected chi connectivity index (χ0v) is 16.3. The molecule has 0 amide bonds. The molecule has 144 valence electrons. The summed E-state index contributed by atoms with van der Waals surface area (Å²) < 4.78 is 7.51. The Morgan fingerprint density at radius 1 is 1.14 bits per heavy atom. The third-order valence-corrected chi connectivity index (χ3v) is 4.94. The summed E-state index contributed by atoms with van der Waals surface area (Å²) in [6.07, 6.45) is 5.35. The maximum atomic E-state index is 12.6. The third kappa shape index (κ3) is 2.93. The molecule has 1 aliphatic heterocycles. The first-order valence-corrected chi connectivity index (χ1v) is 9.71. The Kier molecular flexibility index (Phi) is 4.81. The van der Waals surface area contributed by atoms with Gasteiger partial charge in [0, 0.05) is 18.5 Å². The molecule has 7 nitrogen and oxygen atoms in total. The van der Waals surface area contributed by atoms with Gasteiger partial charge in [0.05, 0.1) is 17.6 Å². The fourth-order valence-corrected chi connectivity index (χ4v) is 3.62. The van der Waals surface area contributed by atoms with Gasteiger partial charge in [-0.3, -0.25) is 9.97 Å². The standard InChI is InChI=1S/C19H17N5O2.C2H6/c1-11-3-2-10-26-14-7-9-21-18-17(14)24(19(25)23-18)15-5-4-13-16(22-15)12(11)6-8-20-13;1-2/h4-9,11H,2-3,10H2,1H3,(H,21,23,25);1-2H3. The van der Waals surface area contributed by atoms with E-state index >= 15 is 0 Å². The van der Waals surface area contributed by atoms with Crippen molar-refractivity contribution in [3.8, 4) is 11.6 Å². The van der Waals surface area contributed by atoms with Crippen molar-refractivity contribution in [2.45, 2.75) is 39.5 Å². The van der Waals surface area contributed by atoms with Gasteiger partial charge in [0.1, 0.15) is 17.1 Å². The minimum atomic E-state index is -0.286. The van der Waals surface area contributed by atoms with Crippen molar-refractivity contribution in [1.82, 2.24) is 24.5 Å². The summed E-state index contributed by atoms with van der Waals surface area (Å²) in [6, 6.07) is 7.51. The van der Waals surface area contributed by atoms with Crippen LogP contribution in [0.2, 0.25) is 0 Å². The van der Waals surface area contributed by atoms with E-state index in [9.17, 15) is 4.79 Å². The number of aromatic amines is 1. The SMILES string of the molecule is CC.CC1CCCOc2ccnc3[nH]c(=O)n(c23)-c2ccc3nccc1c3n2. The lowest BCUT2D eigenvalue weighted by Crippen LogP contribution is -2.17. The Hall–Kier alpha value is -3.22. The van der Waals surface area contributed by atoms with E-state index in [-0.39, 0.29) is 5.69 Å². The first kappa shape index (κ1) is 18.2. The molecule has 0 saturated carbocycles. The molecule has 2 bridgehead atoms. The number of aromatic nitrogens is 5. The summed E-state index contributed by atoms with van der Waals surface area (Å²) in [4.78, 5) is 28.9. The number of H-pyrrole nitrogens is 1. The molecule has 1 aliphatic rings. The largest absolute Gasteiger partial charge is 0.491 e. The van der Waals surface area contributed by atoms with Crippen LogP contribution in [-0.4, -0.2) is 31.1 Å². The molecule has 1 unspecified atom stereocenters. The predicted octanol–water partition coefficient (Wildman–Crippen LogP) is 3.96. The molecule has 1 atom stereocenters. The second-order valence-electron chi connectivity index (χ2n) is 6.60. The molecule has 28 heavy (non-hydrogen) atoms. The van der Waals surface area contributed by atoms with Crippen LogP contribution in [0.4, 0.5) is 0 Å². The number of imidazole rings is 1. The number of hydrogen-bond donors (Lipinski definition) is 1. The Balaban J connectivity index is 0.000000932. The van der Waals surface area contributed by atoms with Gasteiger partial charge < -0.3 is 4.74 Å². The predicted molar refractivity (Wildman–Crippen MR) is 109 cm³/mol. The molecule has 0 radical (unpaired) electrons. The molecule has 5 heterocycles. The fourth-order valence-electron chi connectivity index (χ4n) is 3.62. The summed E-state index contributed by atoms with van der Waals surface area (Å²) >= 11 is 0. The van der Waals surface area contributed by atoms with Crippen LogP contribution in [0, 0.1) is 0 Å². The zero-order chi connectivity index (χ0) is 19.7. The first-order chi connectivity index (χ1) is 13.7. The number of nitrogens with one attached hydrogen (secondary N) is 1. The van der Waals surface area contributed by atoms with Gasteiger partial charge >= 0.3 is 5.69 Å². The Labute approximate surface area is 162 Å². The lowest BCUT2D eigenvalue weighted by Gasteiger charge is -2.16. The van der Waals surface area contributed by atoms with Gasteiger partial charge in [0.15, 0.2) is 5.65 Å². The Morgan fingerprint density at radius 3 is 2.82 bits per heavy atom. The molecule has 0 aliphatic carbocycles. The van der Waals surface area contributed by atoms with Crippen LogP contribution in [0.25, 0.3) is 28.0 Å². The van der Waals surface area contributed by atoms with Crippen molar-refractivity contribution < 1.29 is 4.74 Å². The maximum absolute atomic E-state index is 12.6. The van der Waals surface area contributed by atoms with E-state index in [0.29, 0.717) is 35.3 Å². The number of pyridine rings is 3. The monoisotopic (exact) mass is 377 g/mol. The second-order valence-corrected chi connectivity index (χ2v) is 6.60. The van der Waals surface area contributed by atoms with E-state index in [0.717, 1.165) is 29.4 Å². The summed E-state index contributed by atoms with van der Waals surface area (Å²) in [5.41, 5.74) is 3.63. The van der Waals surface area contributed by atoms with Crippen molar-refractivity contribution in [1.29, 1.82) is 0 Å². The van der Waals surface area contributed by atoms with E-state index in [4.69, 9.17) is 9.72 Å². The highest BCUT2D eigenvalue weighted by molar-refractivity contribution is 5.82. The smallest absolute Gasteiger partial charge is 0.333 e. The van der Waals surface area contributed by atoms with Gasteiger partial charge in [-0.1, -0.05) is 20.8 Å². The van der Waals surface area contributed by atoms with Crippen LogP contribution in [0.3, 0.4) is 0 Å². The van der Waals surface area contributed by atoms with Gasteiger partial charge in [-0.2, -0.15) is 0 Å². The number of hydrogen-bond acceptors (Lipinski definition) is 5. The average molecular weight is 377 g/mol. The minimum Gasteiger partial charge on any atom is -0.491 e. The van der Waals surface area contributed by atoms with E-state index in [2.05, 4.69) is 21.9 Å². The molecule has 5 rings (SSSR count). The van der Waals surface area contributed by atoms with E-state index in [1.807, 2.05) is 32.2 Å². The van der Waals surface area contributed by atoms with Crippen molar-refractivity contribution >= 4 is 22.2 Å². The van der Waals surface area contributed by atoms with Crippen LogP contribution in [-0.2, 0) is 0 Å². The molecule has 0 aromatic carbocycles. The highest BCUT2D eigenvalue weighted by Crippen LogP contribution is 2.30. The second kappa shape index (κ2) is 7.42. The summed E-state index contributed by atoms with van der Waals surface area (Å²) in [7, 11) is 0. The number of nitrogens with zero attached hydrogens (tertiary/aromatic N) is 4. The normalized spacial score (nSPS) is 16.0. The first-order valence-electron chi connectivity index (χ1n) is 9.71. The fraction of sp³-hybridized carbons (Fsp3) is 0.333.